The predicted molar refractivity (Wildman–Crippen MR) is 90.1 cm³/mol. The molecular formula is C19H18O5. The van der Waals surface area contributed by atoms with Crippen molar-refractivity contribution in [3.63, 3.8) is 0 Å². The molecule has 0 bridgehead atoms. The van der Waals surface area contributed by atoms with Crippen molar-refractivity contribution in [2.24, 2.45) is 0 Å². The van der Waals surface area contributed by atoms with E-state index in [1.165, 1.54) is 6.07 Å². The van der Waals surface area contributed by atoms with Crippen molar-refractivity contribution in [1.29, 1.82) is 0 Å². The Morgan fingerprint density at radius 2 is 1.92 bits per heavy atom. The number of carbonyl (C=O) groups excluding carboxylic acids is 1. The molecule has 2 N–H and O–H groups in total. The number of phenolic OH excluding ortho intramolecular Hbond substituents is 1. The number of aromatic hydroxyl groups is 1. The van der Waals surface area contributed by atoms with E-state index < -0.39 is 5.97 Å². The van der Waals surface area contributed by atoms with Gasteiger partial charge in [0.15, 0.2) is 0 Å². The maximum absolute atomic E-state index is 12.6. The maximum atomic E-state index is 12.6. The average Bonchev–Trinajstić information content (AvgIpc) is 2.98. The Balaban J connectivity index is 2.34. The van der Waals surface area contributed by atoms with E-state index in [9.17, 15) is 15.0 Å². The van der Waals surface area contributed by atoms with Crippen LogP contribution >= 0.6 is 0 Å². The Kier molecular flexibility index (Phi) is 4.53. The fourth-order valence-electron chi connectivity index (χ4n) is 2.80. The lowest BCUT2D eigenvalue weighted by Gasteiger charge is -2.07. The topological polar surface area (TPSA) is 79.9 Å². The van der Waals surface area contributed by atoms with E-state index in [4.69, 9.17) is 9.15 Å². The fourth-order valence-corrected chi connectivity index (χ4v) is 2.80. The molecule has 5 heteroatoms. The van der Waals surface area contributed by atoms with Gasteiger partial charge < -0.3 is 19.4 Å². The van der Waals surface area contributed by atoms with Gasteiger partial charge in [-0.2, -0.15) is 0 Å². The summed E-state index contributed by atoms with van der Waals surface area (Å²) in [6.07, 6.45) is 0.212. The van der Waals surface area contributed by atoms with Crippen LogP contribution in [-0.4, -0.2) is 29.4 Å². The van der Waals surface area contributed by atoms with Gasteiger partial charge >= 0.3 is 5.97 Å². The molecule has 0 aliphatic heterocycles. The quantitative estimate of drug-likeness (QED) is 0.701. The number of rotatable bonds is 5. The van der Waals surface area contributed by atoms with Crippen LogP contribution in [0.15, 0.2) is 46.9 Å². The molecule has 0 unspecified atom stereocenters. The lowest BCUT2D eigenvalue weighted by molar-refractivity contribution is 0.0528. The lowest BCUT2D eigenvalue weighted by atomic mass is 9.99. The highest BCUT2D eigenvalue weighted by atomic mass is 16.5. The minimum Gasteiger partial charge on any atom is -0.508 e. The molecule has 3 rings (SSSR count). The molecule has 2 aromatic carbocycles. The summed E-state index contributed by atoms with van der Waals surface area (Å²) < 4.78 is 11.1. The zero-order valence-electron chi connectivity index (χ0n) is 13.3. The molecule has 3 aromatic rings. The predicted octanol–water partition coefficient (Wildman–Crippen LogP) is 3.52. The van der Waals surface area contributed by atoms with Gasteiger partial charge in [0.2, 0.25) is 0 Å². The van der Waals surface area contributed by atoms with E-state index in [0.29, 0.717) is 22.3 Å². The van der Waals surface area contributed by atoms with Gasteiger partial charge in [-0.05, 0) is 25.5 Å². The second-order valence-electron chi connectivity index (χ2n) is 5.30. The first-order valence-electron chi connectivity index (χ1n) is 7.78. The number of ether oxygens (including phenoxy) is 1. The number of hydrogen-bond acceptors (Lipinski definition) is 5. The molecule has 24 heavy (non-hydrogen) atoms. The number of fused-ring (bicyclic) bond motifs is 1. The first kappa shape index (κ1) is 16.1. The number of phenols is 1. The third kappa shape index (κ3) is 2.74. The van der Waals surface area contributed by atoms with Gasteiger partial charge in [0.05, 0.1) is 6.61 Å². The largest absolute Gasteiger partial charge is 0.508 e. The van der Waals surface area contributed by atoms with E-state index in [1.54, 1.807) is 13.0 Å². The minimum absolute atomic E-state index is 0.0162. The Bertz CT molecular complexity index is 864. The van der Waals surface area contributed by atoms with Gasteiger partial charge in [-0.3, -0.25) is 0 Å². The number of benzene rings is 2. The summed E-state index contributed by atoms with van der Waals surface area (Å²) in [5.74, 6) is -0.101. The van der Waals surface area contributed by atoms with Crippen LogP contribution < -0.4 is 0 Å². The summed E-state index contributed by atoms with van der Waals surface area (Å²) in [5.41, 5.74) is 1.96. The molecule has 5 nitrogen and oxygen atoms in total. The molecule has 124 valence electrons. The van der Waals surface area contributed by atoms with Crippen molar-refractivity contribution < 1.29 is 24.2 Å². The number of hydrogen-bond donors (Lipinski definition) is 2. The van der Waals surface area contributed by atoms with E-state index in [-0.39, 0.29) is 30.9 Å². The summed E-state index contributed by atoms with van der Waals surface area (Å²) in [6.45, 7) is 1.81. The Hall–Kier alpha value is -2.79. The van der Waals surface area contributed by atoms with Crippen molar-refractivity contribution in [2.45, 2.75) is 13.3 Å². The van der Waals surface area contributed by atoms with Crippen molar-refractivity contribution in [2.75, 3.05) is 13.2 Å². The van der Waals surface area contributed by atoms with Gasteiger partial charge in [-0.1, -0.05) is 30.3 Å². The SMILES string of the molecule is CCOC(=O)c1c(-c2ccccc2)oc2ccc(O)c(CCO)c12. The Morgan fingerprint density at radius 1 is 1.17 bits per heavy atom. The third-order valence-corrected chi connectivity index (χ3v) is 3.82. The number of esters is 1. The second kappa shape index (κ2) is 6.76. The molecule has 0 spiro atoms. The molecule has 0 fully saturated rings. The van der Waals surface area contributed by atoms with Crippen molar-refractivity contribution in [1.82, 2.24) is 0 Å². The summed E-state index contributed by atoms with van der Waals surface area (Å²) in [6, 6.07) is 12.4. The van der Waals surface area contributed by atoms with Crippen LogP contribution in [-0.2, 0) is 11.2 Å². The zero-order chi connectivity index (χ0) is 17.1. The zero-order valence-corrected chi connectivity index (χ0v) is 13.3. The summed E-state index contributed by atoms with van der Waals surface area (Å²) >= 11 is 0. The van der Waals surface area contributed by atoms with Crippen LogP contribution in [0.4, 0.5) is 0 Å². The average molecular weight is 326 g/mol. The highest BCUT2D eigenvalue weighted by molar-refractivity contribution is 6.10. The number of aliphatic hydroxyl groups is 1. The Labute approximate surface area is 139 Å². The van der Waals surface area contributed by atoms with Crippen LogP contribution in [0.3, 0.4) is 0 Å². The third-order valence-electron chi connectivity index (χ3n) is 3.82. The van der Waals surface area contributed by atoms with Gasteiger partial charge in [0.1, 0.15) is 22.7 Å². The highest BCUT2D eigenvalue weighted by Gasteiger charge is 2.26. The Morgan fingerprint density at radius 3 is 2.58 bits per heavy atom. The molecule has 1 aromatic heterocycles. The maximum Gasteiger partial charge on any atom is 0.342 e. The lowest BCUT2D eigenvalue weighted by Crippen LogP contribution is -2.06. The molecular weight excluding hydrogens is 308 g/mol. The fraction of sp³-hybridized carbons (Fsp3) is 0.211. The molecule has 1 heterocycles. The van der Waals surface area contributed by atoms with Crippen molar-refractivity contribution in [3.8, 4) is 17.1 Å². The smallest absolute Gasteiger partial charge is 0.342 e. The molecule has 0 atom stereocenters. The van der Waals surface area contributed by atoms with E-state index >= 15 is 0 Å². The van der Waals surface area contributed by atoms with Gasteiger partial charge in [0.25, 0.3) is 0 Å². The first-order chi connectivity index (χ1) is 11.7. The molecule has 0 saturated carbocycles. The second-order valence-corrected chi connectivity index (χ2v) is 5.30. The van der Waals surface area contributed by atoms with E-state index in [0.717, 1.165) is 5.56 Å². The number of carbonyl (C=O) groups is 1. The standard InChI is InChI=1S/C19H18O5/c1-2-23-19(22)17-16-13(10-11-20)14(21)8-9-15(16)24-18(17)12-6-4-3-5-7-12/h3-9,20-21H,2,10-11H2,1H3. The van der Waals surface area contributed by atoms with E-state index in [1.807, 2.05) is 30.3 Å². The van der Waals surface area contributed by atoms with Gasteiger partial charge in [0, 0.05) is 23.1 Å². The van der Waals surface area contributed by atoms with Crippen LogP contribution in [0.25, 0.3) is 22.3 Å². The number of furan rings is 1. The van der Waals surface area contributed by atoms with Crippen molar-refractivity contribution in [3.05, 3.63) is 53.6 Å². The number of aliphatic hydroxyl groups excluding tert-OH is 1. The summed E-state index contributed by atoms with van der Waals surface area (Å²) in [4.78, 5) is 12.6. The summed E-state index contributed by atoms with van der Waals surface area (Å²) in [5, 5.41) is 19.9. The minimum atomic E-state index is -0.514. The van der Waals surface area contributed by atoms with Gasteiger partial charge in [-0.25, -0.2) is 4.79 Å². The van der Waals surface area contributed by atoms with Crippen molar-refractivity contribution >= 4 is 16.9 Å². The normalized spacial score (nSPS) is 10.9. The highest BCUT2D eigenvalue weighted by Crippen LogP contribution is 2.39. The molecule has 0 saturated heterocycles. The van der Waals surface area contributed by atoms with Crippen LogP contribution in [0.5, 0.6) is 5.75 Å². The van der Waals surface area contributed by atoms with Crippen LogP contribution in [0, 0.1) is 0 Å². The van der Waals surface area contributed by atoms with Gasteiger partial charge in [-0.15, -0.1) is 0 Å². The molecule has 0 aliphatic rings. The van der Waals surface area contributed by atoms with Crippen LogP contribution in [0.2, 0.25) is 0 Å². The molecule has 0 radical (unpaired) electrons. The first-order valence-corrected chi connectivity index (χ1v) is 7.78. The molecule has 0 amide bonds. The summed E-state index contributed by atoms with van der Waals surface area (Å²) in [7, 11) is 0. The van der Waals surface area contributed by atoms with E-state index in [2.05, 4.69) is 0 Å². The molecule has 0 aliphatic carbocycles. The monoisotopic (exact) mass is 326 g/mol. The van der Waals surface area contributed by atoms with Crippen LogP contribution in [0.1, 0.15) is 22.8 Å².